The summed E-state index contributed by atoms with van der Waals surface area (Å²) in [6.07, 6.45) is 1.58. The number of rotatable bonds is 6. The number of carbonyl (C=O) groups excluding carboxylic acids is 1. The number of aromatic nitrogens is 1. The van der Waals surface area contributed by atoms with Gasteiger partial charge in [0.1, 0.15) is 17.2 Å². The van der Waals surface area contributed by atoms with Crippen LogP contribution in [0.2, 0.25) is 0 Å². The van der Waals surface area contributed by atoms with Gasteiger partial charge in [0.05, 0.1) is 20.3 Å². The number of pyridine rings is 1. The van der Waals surface area contributed by atoms with E-state index in [0.29, 0.717) is 23.7 Å². The molecule has 2 rings (SSSR count). The number of hydrogen-bond donors (Lipinski definition) is 2. The number of hydrogen-bond acceptors (Lipinski definition) is 5. The molecule has 0 spiro atoms. The minimum atomic E-state index is -0.255. The molecule has 1 heterocycles. The predicted molar refractivity (Wildman–Crippen MR) is 87.6 cm³/mol. The first-order valence-electron chi connectivity index (χ1n) is 7.26. The number of nitrogens with zero attached hydrogens (tertiary/aromatic N) is 1. The molecular formula is C17H21N3O3. The number of nitrogens with two attached hydrogens (primary N) is 1. The highest BCUT2D eigenvalue weighted by Crippen LogP contribution is 2.26. The summed E-state index contributed by atoms with van der Waals surface area (Å²) >= 11 is 0. The molecule has 1 aromatic carbocycles. The van der Waals surface area contributed by atoms with Crippen molar-refractivity contribution in [2.24, 2.45) is 5.73 Å². The van der Waals surface area contributed by atoms with Gasteiger partial charge in [0.15, 0.2) is 0 Å². The van der Waals surface area contributed by atoms with Gasteiger partial charge in [-0.3, -0.25) is 9.78 Å². The molecule has 1 atom stereocenters. The lowest BCUT2D eigenvalue weighted by molar-refractivity contribution is 0.0934. The molecular weight excluding hydrogens is 294 g/mol. The van der Waals surface area contributed by atoms with Gasteiger partial charge in [-0.25, -0.2) is 0 Å². The average Bonchev–Trinajstić information content (AvgIpc) is 2.60. The Bertz CT molecular complexity index is 666. The molecule has 0 aliphatic rings. The lowest BCUT2D eigenvalue weighted by Gasteiger charge is -2.16. The second-order valence-corrected chi connectivity index (χ2v) is 5.09. The largest absolute Gasteiger partial charge is 0.497 e. The summed E-state index contributed by atoms with van der Waals surface area (Å²) in [6.45, 7) is 2.25. The predicted octanol–water partition coefficient (Wildman–Crippen LogP) is 2.05. The maximum Gasteiger partial charge on any atom is 0.270 e. The van der Waals surface area contributed by atoms with Gasteiger partial charge in [0, 0.05) is 18.8 Å². The van der Waals surface area contributed by atoms with Gasteiger partial charge in [-0.2, -0.15) is 0 Å². The third-order valence-electron chi connectivity index (χ3n) is 3.51. The molecule has 1 amide bonds. The first-order valence-corrected chi connectivity index (χ1v) is 7.26. The van der Waals surface area contributed by atoms with Crippen LogP contribution < -0.4 is 20.5 Å². The van der Waals surface area contributed by atoms with Gasteiger partial charge >= 0.3 is 0 Å². The van der Waals surface area contributed by atoms with E-state index in [2.05, 4.69) is 10.3 Å². The third-order valence-corrected chi connectivity index (χ3v) is 3.51. The summed E-state index contributed by atoms with van der Waals surface area (Å²) < 4.78 is 10.5. The molecule has 0 radical (unpaired) electrons. The Balaban J connectivity index is 2.17. The second kappa shape index (κ2) is 7.60. The Morgan fingerprint density at radius 1 is 1.22 bits per heavy atom. The summed E-state index contributed by atoms with van der Waals surface area (Å²) in [5, 5.41) is 2.91. The fourth-order valence-electron chi connectivity index (χ4n) is 2.16. The highest BCUT2D eigenvalue weighted by Gasteiger charge is 2.14. The van der Waals surface area contributed by atoms with Crippen molar-refractivity contribution in [2.45, 2.75) is 19.5 Å². The molecule has 6 nitrogen and oxygen atoms in total. The Morgan fingerprint density at radius 3 is 2.43 bits per heavy atom. The summed E-state index contributed by atoms with van der Waals surface area (Å²) in [5.74, 6) is 1.09. The van der Waals surface area contributed by atoms with E-state index >= 15 is 0 Å². The molecule has 1 aromatic heterocycles. The molecule has 0 fully saturated rings. The van der Waals surface area contributed by atoms with Crippen molar-refractivity contribution in [1.29, 1.82) is 0 Å². The molecule has 3 N–H and O–H groups in total. The minimum absolute atomic E-state index is 0.227. The molecule has 2 aromatic rings. The molecule has 122 valence electrons. The molecule has 0 aliphatic heterocycles. The number of nitrogens with one attached hydrogen (secondary N) is 1. The van der Waals surface area contributed by atoms with Crippen molar-refractivity contribution in [3.8, 4) is 11.5 Å². The smallest absolute Gasteiger partial charge is 0.270 e. The molecule has 0 saturated heterocycles. The zero-order valence-corrected chi connectivity index (χ0v) is 13.5. The van der Waals surface area contributed by atoms with Crippen LogP contribution in [0.1, 0.15) is 34.6 Å². The van der Waals surface area contributed by atoms with E-state index in [-0.39, 0.29) is 11.9 Å². The van der Waals surface area contributed by atoms with E-state index in [9.17, 15) is 4.79 Å². The van der Waals surface area contributed by atoms with Gasteiger partial charge in [-0.05, 0) is 42.3 Å². The fraction of sp³-hybridized carbons (Fsp3) is 0.294. The van der Waals surface area contributed by atoms with Crippen molar-refractivity contribution in [3.63, 3.8) is 0 Å². The maximum atomic E-state index is 12.3. The standard InChI is InChI=1S/C17H21N3O3/c1-11(13-7-14(22-2)9-15(8-13)23-3)20-17(21)16-6-12(10-18)4-5-19-16/h4-9,11H,10,18H2,1-3H3,(H,20,21). The van der Waals surface area contributed by atoms with E-state index < -0.39 is 0 Å². The van der Waals surface area contributed by atoms with Gasteiger partial charge in [0.25, 0.3) is 5.91 Å². The van der Waals surface area contributed by atoms with E-state index in [1.165, 1.54) is 0 Å². The first-order chi connectivity index (χ1) is 11.1. The van der Waals surface area contributed by atoms with Crippen molar-refractivity contribution in [3.05, 3.63) is 53.3 Å². The number of methoxy groups -OCH3 is 2. The maximum absolute atomic E-state index is 12.3. The zero-order valence-electron chi connectivity index (χ0n) is 13.5. The Morgan fingerprint density at radius 2 is 1.87 bits per heavy atom. The molecule has 0 aliphatic carbocycles. The van der Waals surface area contributed by atoms with E-state index in [0.717, 1.165) is 11.1 Å². The van der Waals surface area contributed by atoms with Gasteiger partial charge < -0.3 is 20.5 Å². The lowest BCUT2D eigenvalue weighted by Crippen LogP contribution is -2.27. The van der Waals surface area contributed by atoms with Crippen LogP contribution in [0.5, 0.6) is 11.5 Å². The monoisotopic (exact) mass is 315 g/mol. The van der Waals surface area contributed by atoms with Gasteiger partial charge in [-0.15, -0.1) is 0 Å². The molecule has 23 heavy (non-hydrogen) atoms. The van der Waals surface area contributed by atoms with Crippen LogP contribution in [-0.2, 0) is 6.54 Å². The summed E-state index contributed by atoms with van der Waals surface area (Å²) in [7, 11) is 3.17. The van der Waals surface area contributed by atoms with Crippen LogP contribution >= 0.6 is 0 Å². The van der Waals surface area contributed by atoms with Crippen molar-refractivity contribution < 1.29 is 14.3 Å². The number of carbonyl (C=O) groups is 1. The van der Waals surface area contributed by atoms with Crippen LogP contribution in [0.3, 0.4) is 0 Å². The highest BCUT2D eigenvalue weighted by molar-refractivity contribution is 5.92. The normalized spacial score (nSPS) is 11.7. The lowest BCUT2D eigenvalue weighted by atomic mass is 10.1. The van der Waals surface area contributed by atoms with Crippen molar-refractivity contribution >= 4 is 5.91 Å². The zero-order chi connectivity index (χ0) is 16.8. The number of benzene rings is 1. The van der Waals surface area contributed by atoms with Crippen molar-refractivity contribution in [2.75, 3.05) is 14.2 Å². The number of ether oxygens (including phenoxy) is 2. The SMILES string of the molecule is COc1cc(OC)cc(C(C)NC(=O)c2cc(CN)ccn2)c1. The molecule has 1 unspecified atom stereocenters. The molecule has 0 bridgehead atoms. The number of amides is 1. The van der Waals surface area contributed by atoms with Crippen LogP contribution in [0, 0.1) is 0 Å². The molecule has 0 saturated carbocycles. The molecule has 6 heteroatoms. The van der Waals surface area contributed by atoms with Crippen LogP contribution in [-0.4, -0.2) is 25.1 Å². The van der Waals surface area contributed by atoms with E-state index in [4.69, 9.17) is 15.2 Å². The quantitative estimate of drug-likeness (QED) is 0.852. The van der Waals surface area contributed by atoms with Crippen LogP contribution in [0.15, 0.2) is 36.5 Å². The van der Waals surface area contributed by atoms with Crippen molar-refractivity contribution in [1.82, 2.24) is 10.3 Å². The highest BCUT2D eigenvalue weighted by atomic mass is 16.5. The summed E-state index contributed by atoms with van der Waals surface area (Å²) in [5.41, 5.74) is 7.67. The Labute approximate surface area is 135 Å². The summed E-state index contributed by atoms with van der Waals surface area (Å²) in [4.78, 5) is 16.4. The van der Waals surface area contributed by atoms with Gasteiger partial charge in [0.2, 0.25) is 0 Å². The Kier molecular flexibility index (Phi) is 5.54. The second-order valence-electron chi connectivity index (χ2n) is 5.09. The fourth-order valence-corrected chi connectivity index (χ4v) is 2.16. The topological polar surface area (TPSA) is 86.5 Å². The van der Waals surface area contributed by atoms with E-state index in [1.807, 2.05) is 19.1 Å². The Hall–Kier alpha value is -2.60. The third kappa shape index (κ3) is 4.20. The van der Waals surface area contributed by atoms with Crippen LogP contribution in [0.25, 0.3) is 0 Å². The van der Waals surface area contributed by atoms with Crippen LogP contribution in [0.4, 0.5) is 0 Å². The first kappa shape index (κ1) is 16.8. The van der Waals surface area contributed by atoms with E-state index in [1.54, 1.807) is 38.6 Å². The minimum Gasteiger partial charge on any atom is -0.497 e. The summed E-state index contributed by atoms with van der Waals surface area (Å²) in [6, 6.07) is 8.75. The average molecular weight is 315 g/mol. The van der Waals surface area contributed by atoms with Gasteiger partial charge in [-0.1, -0.05) is 0 Å².